The Morgan fingerprint density at radius 2 is 1.74 bits per heavy atom. The minimum Gasteiger partial charge on any atom is -0.368 e. The number of piperazine rings is 1. The Bertz CT molecular complexity index is 791. The number of halogens is 1. The highest BCUT2D eigenvalue weighted by molar-refractivity contribution is 7.17. The zero-order chi connectivity index (χ0) is 15.6. The topological polar surface area (TPSA) is 6.48 Å². The van der Waals surface area contributed by atoms with Gasteiger partial charge in [-0.05, 0) is 23.8 Å². The first kappa shape index (κ1) is 14.7. The number of nitrogens with zero attached hydrogens (tertiary/aromatic N) is 2. The summed E-state index contributed by atoms with van der Waals surface area (Å²) >= 11 is 1.63. The molecule has 2 heterocycles. The average molecular weight is 326 g/mol. The molecule has 1 saturated heterocycles. The van der Waals surface area contributed by atoms with Crippen LogP contribution < -0.4 is 4.90 Å². The molecule has 0 amide bonds. The van der Waals surface area contributed by atoms with E-state index in [4.69, 9.17) is 0 Å². The van der Waals surface area contributed by atoms with Gasteiger partial charge in [0, 0.05) is 48.2 Å². The van der Waals surface area contributed by atoms with Crippen LogP contribution in [0.15, 0.2) is 53.9 Å². The highest BCUT2D eigenvalue weighted by Gasteiger charge is 2.19. The number of fused-ring (bicyclic) bond motifs is 1. The summed E-state index contributed by atoms with van der Waals surface area (Å²) in [5.41, 5.74) is 2.63. The molecular formula is C19H19FN2S. The van der Waals surface area contributed by atoms with Crippen molar-refractivity contribution in [3.8, 4) is 0 Å². The Labute approximate surface area is 139 Å². The Kier molecular flexibility index (Phi) is 4.02. The predicted molar refractivity (Wildman–Crippen MR) is 95.7 cm³/mol. The molecule has 1 aliphatic rings. The number of anilines is 1. The fourth-order valence-corrected chi connectivity index (χ4v) is 4.22. The van der Waals surface area contributed by atoms with E-state index in [0.29, 0.717) is 0 Å². The smallest absolute Gasteiger partial charge is 0.124 e. The van der Waals surface area contributed by atoms with Crippen LogP contribution in [0.4, 0.5) is 10.1 Å². The summed E-state index contributed by atoms with van der Waals surface area (Å²) in [7, 11) is 0. The maximum atomic E-state index is 13.3. The normalized spacial score (nSPS) is 16.1. The molecule has 0 N–H and O–H groups in total. The number of rotatable bonds is 3. The Hall–Kier alpha value is -1.91. The number of hydrogen-bond acceptors (Lipinski definition) is 3. The van der Waals surface area contributed by atoms with Crippen molar-refractivity contribution >= 4 is 27.1 Å². The molecule has 1 aliphatic heterocycles. The van der Waals surface area contributed by atoms with Crippen LogP contribution in [0.2, 0.25) is 0 Å². The number of thiophene rings is 1. The van der Waals surface area contributed by atoms with Crippen molar-refractivity contribution in [1.29, 1.82) is 0 Å². The highest BCUT2D eigenvalue weighted by Crippen LogP contribution is 2.34. The molecule has 4 rings (SSSR count). The zero-order valence-electron chi connectivity index (χ0n) is 12.9. The van der Waals surface area contributed by atoms with Gasteiger partial charge in [-0.2, -0.15) is 0 Å². The van der Waals surface area contributed by atoms with Gasteiger partial charge in [0.25, 0.3) is 0 Å². The lowest BCUT2D eigenvalue weighted by atomic mass is 10.2. The standard InChI is InChI=1S/C19H19FN2S/c20-16-6-7-17-18(14-23-19(17)12-16)22-10-8-21(9-11-22)13-15-4-2-1-3-5-15/h1-7,12,14H,8-11,13H2. The molecule has 0 radical (unpaired) electrons. The predicted octanol–water partition coefficient (Wildman–Crippen LogP) is 4.36. The molecular weight excluding hydrogens is 307 g/mol. The van der Waals surface area contributed by atoms with E-state index in [1.807, 2.05) is 6.07 Å². The lowest BCUT2D eigenvalue weighted by Crippen LogP contribution is -2.45. The molecule has 23 heavy (non-hydrogen) atoms. The van der Waals surface area contributed by atoms with Crippen LogP contribution in [0, 0.1) is 5.82 Å². The maximum absolute atomic E-state index is 13.3. The first-order chi connectivity index (χ1) is 11.3. The van der Waals surface area contributed by atoms with E-state index in [1.54, 1.807) is 23.5 Å². The molecule has 1 fully saturated rings. The van der Waals surface area contributed by atoms with Crippen molar-refractivity contribution in [3.05, 3.63) is 65.3 Å². The average Bonchev–Trinajstić information content (AvgIpc) is 2.99. The Balaban J connectivity index is 1.44. The van der Waals surface area contributed by atoms with Gasteiger partial charge in [-0.1, -0.05) is 30.3 Å². The number of benzene rings is 2. The van der Waals surface area contributed by atoms with Crippen molar-refractivity contribution in [1.82, 2.24) is 4.90 Å². The third kappa shape index (κ3) is 3.09. The van der Waals surface area contributed by atoms with E-state index in [0.717, 1.165) is 37.4 Å². The molecule has 2 aromatic carbocycles. The van der Waals surface area contributed by atoms with Gasteiger partial charge in [0.05, 0.1) is 5.69 Å². The second-order valence-electron chi connectivity index (χ2n) is 6.01. The van der Waals surface area contributed by atoms with Crippen LogP contribution >= 0.6 is 11.3 Å². The molecule has 0 aliphatic carbocycles. The quantitative estimate of drug-likeness (QED) is 0.705. The summed E-state index contributed by atoms with van der Waals surface area (Å²) in [4.78, 5) is 4.93. The van der Waals surface area contributed by atoms with E-state index >= 15 is 0 Å². The van der Waals surface area contributed by atoms with Crippen LogP contribution in [0.25, 0.3) is 10.1 Å². The molecule has 4 heteroatoms. The van der Waals surface area contributed by atoms with Gasteiger partial charge in [-0.15, -0.1) is 11.3 Å². The summed E-state index contributed by atoms with van der Waals surface area (Å²) in [5.74, 6) is -0.154. The maximum Gasteiger partial charge on any atom is 0.124 e. The third-order valence-electron chi connectivity index (χ3n) is 4.48. The zero-order valence-corrected chi connectivity index (χ0v) is 13.7. The summed E-state index contributed by atoms with van der Waals surface area (Å²) in [6.45, 7) is 5.19. The van der Waals surface area contributed by atoms with E-state index in [1.165, 1.54) is 16.6 Å². The number of hydrogen-bond donors (Lipinski definition) is 0. The van der Waals surface area contributed by atoms with Crippen molar-refractivity contribution in [2.24, 2.45) is 0 Å². The largest absolute Gasteiger partial charge is 0.368 e. The van der Waals surface area contributed by atoms with Crippen LogP contribution in [-0.4, -0.2) is 31.1 Å². The van der Waals surface area contributed by atoms with E-state index in [-0.39, 0.29) is 5.82 Å². The monoisotopic (exact) mass is 326 g/mol. The van der Waals surface area contributed by atoms with Gasteiger partial charge >= 0.3 is 0 Å². The van der Waals surface area contributed by atoms with Crippen LogP contribution in [0.3, 0.4) is 0 Å². The van der Waals surface area contributed by atoms with E-state index in [2.05, 4.69) is 45.5 Å². The highest BCUT2D eigenvalue weighted by atomic mass is 32.1. The van der Waals surface area contributed by atoms with Crippen LogP contribution in [0.5, 0.6) is 0 Å². The fourth-order valence-electron chi connectivity index (χ4n) is 3.22. The molecule has 1 aromatic heterocycles. The minimum absolute atomic E-state index is 0.154. The summed E-state index contributed by atoms with van der Waals surface area (Å²) in [6, 6.07) is 15.7. The summed E-state index contributed by atoms with van der Waals surface area (Å²) < 4.78 is 14.4. The molecule has 0 saturated carbocycles. The summed E-state index contributed by atoms with van der Waals surface area (Å²) in [6.07, 6.45) is 0. The second kappa shape index (κ2) is 6.30. The third-order valence-corrected chi connectivity index (χ3v) is 5.41. The lowest BCUT2D eigenvalue weighted by Gasteiger charge is -2.35. The van der Waals surface area contributed by atoms with Crippen molar-refractivity contribution in [2.45, 2.75) is 6.54 Å². The fraction of sp³-hybridized carbons (Fsp3) is 0.263. The van der Waals surface area contributed by atoms with Gasteiger partial charge in [-0.3, -0.25) is 4.90 Å². The molecule has 0 spiro atoms. The van der Waals surface area contributed by atoms with Crippen LogP contribution in [-0.2, 0) is 6.54 Å². The molecule has 2 nitrogen and oxygen atoms in total. The van der Waals surface area contributed by atoms with Gasteiger partial charge in [-0.25, -0.2) is 4.39 Å². The van der Waals surface area contributed by atoms with Gasteiger partial charge in [0.2, 0.25) is 0 Å². The lowest BCUT2D eigenvalue weighted by molar-refractivity contribution is 0.250. The Morgan fingerprint density at radius 1 is 0.957 bits per heavy atom. The van der Waals surface area contributed by atoms with Gasteiger partial charge < -0.3 is 4.90 Å². The first-order valence-electron chi connectivity index (χ1n) is 7.97. The van der Waals surface area contributed by atoms with Crippen LogP contribution in [0.1, 0.15) is 5.56 Å². The van der Waals surface area contributed by atoms with E-state index < -0.39 is 0 Å². The minimum atomic E-state index is -0.154. The van der Waals surface area contributed by atoms with Crippen molar-refractivity contribution in [3.63, 3.8) is 0 Å². The van der Waals surface area contributed by atoms with E-state index in [9.17, 15) is 4.39 Å². The molecule has 0 bridgehead atoms. The first-order valence-corrected chi connectivity index (χ1v) is 8.85. The van der Waals surface area contributed by atoms with Gasteiger partial charge in [0.1, 0.15) is 5.82 Å². The summed E-state index contributed by atoms with van der Waals surface area (Å²) in [5, 5.41) is 3.34. The molecule has 3 aromatic rings. The molecule has 0 atom stereocenters. The second-order valence-corrected chi connectivity index (χ2v) is 6.92. The van der Waals surface area contributed by atoms with Gasteiger partial charge in [0.15, 0.2) is 0 Å². The molecule has 0 unspecified atom stereocenters. The Morgan fingerprint density at radius 3 is 2.52 bits per heavy atom. The van der Waals surface area contributed by atoms with Crippen molar-refractivity contribution in [2.75, 3.05) is 31.1 Å². The molecule has 118 valence electrons. The van der Waals surface area contributed by atoms with Crippen molar-refractivity contribution < 1.29 is 4.39 Å². The SMILES string of the molecule is Fc1ccc2c(N3CCN(Cc4ccccc4)CC3)csc2c1.